The highest BCUT2D eigenvalue weighted by Gasteiger charge is 2.15. The van der Waals surface area contributed by atoms with Crippen molar-refractivity contribution in [2.24, 2.45) is 0 Å². The molecule has 0 saturated heterocycles. The molecular formula is C21H19FN6O2. The maximum atomic E-state index is 13.4. The first-order chi connectivity index (χ1) is 14.4. The fraction of sp³-hybridized carbons (Fsp3) is 0.190. The molecule has 0 aliphatic rings. The Morgan fingerprint density at radius 3 is 2.60 bits per heavy atom. The maximum absolute atomic E-state index is 13.4. The van der Waals surface area contributed by atoms with E-state index >= 15 is 0 Å². The topological polar surface area (TPSA) is 94.7 Å². The molecule has 0 aliphatic heterocycles. The van der Waals surface area contributed by atoms with Gasteiger partial charge in [0, 0.05) is 5.69 Å². The summed E-state index contributed by atoms with van der Waals surface area (Å²) in [6, 6.07) is 11.8. The van der Waals surface area contributed by atoms with Crippen molar-refractivity contribution in [2.75, 3.05) is 5.32 Å². The number of para-hydroxylation sites is 1. The predicted octanol–water partition coefficient (Wildman–Crippen LogP) is 2.43. The monoisotopic (exact) mass is 406 g/mol. The van der Waals surface area contributed by atoms with Gasteiger partial charge in [-0.15, -0.1) is 5.10 Å². The van der Waals surface area contributed by atoms with Gasteiger partial charge >= 0.3 is 0 Å². The lowest BCUT2D eigenvalue weighted by Crippen LogP contribution is -2.28. The Bertz CT molecular complexity index is 1290. The van der Waals surface area contributed by atoms with Crippen LogP contribution in [0, 0.1) is 19.7 Å². The molecule has 0 atom stereocenters. The van der Waals surface area contributed by atoms with E-state index < -0.39 is 5.56 Å². The van der Waals surface area contributed by atoms with E-state index in [1.54, 1.807) is 12.1 Å². The Kier molecular flexibility index (Phi) is 5.09. The summed E-state index contributed by atoms with van der Waals surface area (Å²) >= 11 is 0. The molecule has 8 nitrogen and oxygen atoms in total. The van der Waals surface area contributed by atoms with Crippen LogP contribution in [0.25, 0.3) is 11.2 Å². The molecule has 0 saturated carbocycles. The van der Waals surface area contributed by atoms with Gasteiger partial charge in [0.2, 0.25) is 5.91 Å². The second-order valence-corrected chi connectivity index (χ2v) is 7.04. The lowest BCUT2D eigenvalue weighted by molar-refractivity contribution is -0.116. The number of hydrogen-bond acceptors (Lipinski definition) is 5. The van der Waals surface area contributed by atoms with Crippen LogP contribution >= 0.6 is 0 Å². The first kappa shape index (κ1) is 19.4. The van der Waals surface area contributed by atoms with Crippen LogP contribution in [0.4, 0.5) is 10.1 Å². The molecule has 4 aromatic rings. The standard InChI is InChI=1S/C21H19FN6O2/c1-13-5-3-6-14(2)18(13)24-17(29)11-27-12-23-20-19(21(27)30)25-26-28(20)10-15-7-4-8-16(22)9-15/h3-9,12H,10-11H2,1-2H3,(H,24,29). The summed E-state index contributed by atoms with van der Waals surface area (Å²) in [6.45, 7) is 3.82. The molecule has 2 aromatic carbocycles. The summed E-state index contributed by atoms with van der Waals surface area (Å²) in [5, 5.41) is 10.7. The third-order valence-corrected chi connectivity index (χ3v) is 4.77. The molecule has 30 heavy (non-hydrogen) atoms. The maximum Gasteiger partial charge on any atom is 0.283 e. The fourth-order valence-corrected chi connectivity index (χ4v) is 3.26. The highest BCUT2D eigenvalue weighted by atomic mass is 19.1. The van der Waals surface area contributed by atoms with E-state index in [4.69, 9.17) is 0 Å². The first-order valence-corrected chi connectivity index (χ1v) is 9.31. The number of nitrogens with zero attached hydrogens (tertiary/aromatic N) is 5. The summed E-state index contributed by atoms with van der Waals surface area (Å²) in [6.07, 6.45) is 1.29. The minimum atomic E-state index is -0.470. The molecule has 0 aliphatic carbocycles. The van der Waals surface area contributed by atoms with Crippen LogP contribution in [-0.2, 0) is 17.9 Å². The number of carbonyl (C=O) groups is 1. The molecule has 1 amide bonds. The summed E-state index contributed by atoms with van der Waals surface area (Å²) in [7, 11) is 0. The zero-order valence-corrected chi connectivity index (χ0v) is 16.5. The van der Waals surface area contributed by atoms with E-state index in [1.807, 2.05) is 32.0 Å². The number of aryl methyl sites for hydroxylation is 2. The molecule has 0 radical (unpaired) electrons. The van der Waals surface area contributed by atoms with Crippen LogP contribution in [-0.4, -0.2) is 30.5 Å². The fourth-order valence-electron chi connectivity index (χ4n) is 3.26. The van der Waals surface area contributed by atoms with Gasteiger partial charge in [0.1, 0.15) is 18.7 Å². The van der Waals surface area contributed by atoms with E-state index in [2.05, 4.69) is 20.6 Å². The van der Waals surface area contributed by atoms with Gasteiger partial charge in [0.25, 0.3) is 5.56 Å². The molecule has 4 rings (SSSR count). The van der Waals surface area contributed by atoms with Crippen molar-refractivity contribution in [1.82, 2.24) is 24.5 Å². The number of carbonyl (C=O) groups excluding carboxylic acids is 1. The molecule has 2 aromatic heterocycles. The van der Waals surface area contributed by atoms with Gasteiger partial charge in [-0.25, -0.2) is 14.1 Å². The molecular weight excluding hydrogens is 387 g/mol. The average Bonchev–Trinajstić information content (AvgIpc) is 3.10. The van der Waals surface area contributed by atoms with Crippen molar-refractivity contribution in [3.63, 3.8) is 0 Å². The van der Waals surface area contributed by atoms with Crippen LogP contribution < -0.4 is 10.9 Å². The van der Waals surface area contributed by atoms with Gasteiger partial charge in [-0.1, -0.05) is 35.5 Å². The van der Waals surface area contributed by atoms with Crippen molar-refractivity contribution in [3.05, 3.63) is 81.7 Å². The molecule has 0 spiro atoms. The lowest BCUT2D eigenvalue weighted by atomic mass is 10.1. The summed E-state index contributed by atoms with van der Waals surface area (Å²) in [4.78, 5) is 29.5. The number of fused-ring (bicyclic) bond motifs is 1. The van der Waals surface area contributed by atoms with E-state index in [9.17, 15) is 14.0 Å². The van der Waals surface area contributed by atoms with Gasteiger partial charge in [-0.3, -0.25) is 14.2 Å². The number of anilines is 1. The highest BCUT2D eigenvalue weighted by molar-refractivity contribution is 5.92. The van der Waals surface area contributed by atoms with Crippen molar-refractivity contribution >= 4 is 22.8 Å². The lowest BCUT2D eigenvalue weighted by Gasteiger charge is -2.12. The molecule has 1 N–H and O–H groups in total. The Labute approximate surface area is 171 Å². The molecule has 0 unspecified atom stereocenters. The Balaban J connectivity index is 1.57. The second-order valence-electron chi connectivity index (χ2n) is 7.04. The van der Waals surface area contributed by atoms with Crippen molar-refractivity contribution < 1.29 is 9.18 Å². The molecule has 152 valence electrons. The van der Waals surface area contributed by atoms with E-state index in [1.165, 1.54) is 27.7 Å². The van der Waals surface area contributed by atoms with E-state index in [-0.39, 0.29) is 36.0 Å². The first-order valence-electron chi connectivity index (χ1n) is 9.31. The number of aromatic nitrogens is 5. The van der Waals surface area contributed by atoms with Gasteiger partial charge in [0.15, 0.2) is 11.2 Å². The van der Waals surface area contributed by atoms with Crippen LogP contribution in [0.3, 0.4) is 0 Å². The number of nitrogens with one attached hydrogen (secondary N) is 1. The van der Waals surface area contributed by atoms with Crippen LogP contribution in [0.1, 0.15) is 16.7 Å². The average molecular weight is 406 g/mol. The van der Waals surface area contributed by atoms with Crippen molar-refractivity contribution in [2.45, 2.75) is 26.9 Å². The normalized spacial score (nSPS) is 11.0. The highest BCUT2D eigenvalue weighted by Crippen LogP contribution is 2.19. The number of amides is 1. The Morgan fingerprint density at radius 1 is 1.13 bits per heavy atom. The summed E-state index contributed by atoms with van der Waals surface area (Å²) in [5.74, 6) is -0.704. The summed E-state index contributed by atoms with van der Waals surface area (Å²) in [5.41, 5.74) is 3.12. The number of halogens is 1. The largest absolute Gasteiger partial charge is 0.324 e. The number of rotatable bonds is 5. The molecule has 9 heteroatoms. The molecule has 0 fully saturated rings. The Hall–Kier alpha value is -3.88. The van der Waals surface area contributed by atoms with Gasteiger partial charge in [-0.2, -0.15) is 0 Å². The van der Waals surface area contributed by atoms with E-state index in [0.29, 0.717) is 5.56 Å². The third-order valence-electron chi connectivity index (χ3n) is 4.77. The zero-order valence-electron chi connectivity index (χ0n) is 16.5. The van der Waals surface area contributed by atoms with Gasteiger partial charge in [-0.05, 0) is 42.7 Å². The van der Waals surface area contributed by atoms with Gasteiger partial charge in [0.05, 0.1) is 6.54 Å². The quantitative estimate of drug-likeness (QED) is 0.549. The minimum absolute atomic E-state index is 0.0498. The third kappa shape index (κ3) is 3.82. The van der Waals surface area contributed by atoms with Crippen molar-refractivity contribution in [3.8, 4) is 0 Å². The SMILES string of the molecule is Cc1cccc(C)c1NC(=O)Cn1cnc2c(nnn2Cc2cccc(F)c2)c1=O. The van der Waals surface area contributed by atoms with Crippen molar-refractivity contribution in [1.29, 1.82) is 0 Å². The number of hydrogen-bond donors (Lipinski definition) is 1. The molecule has 2 heterocycles. The minimum Gasteiger partial charge on any atom is -0.324 e. The number of benzene rings is 2. The van der Waals surface area contributed by atoms with Crippen LogP contribution in [0.5, 0.6) is 0 Å². The second kappa shape index (κ2) is 7.86. The smallest absolute Gasteiger partial charge is 0.283 e. The van der Waals surface area contributed by atoms with E-state index in [0.717, 1.165) is 16.8 Å². The molecule has 0 bridgehead atoms. The zero-order chi connectivity index (χ0) is 21.3. The summed E-state index contributed by atoms with van der Waals surface area (Å²) < 4.78 is 16.0. The van der Waals surface area contributed by atoms with Crippen LogP contribution in [0.15, 0.2) is 53.6 Å². The van der Waals surface area contributed by atoms with Gasteiger partial charge < -0.3 is 5.32 Å². The predicted molar refractivity (Wildman–Crippen MR) is 110 cm³/mol. The Morgan fingerprint density at radius 2 is 1.87 bits per heavy atom. The van der Waals surface area contributed by atoms with Crippen LogP contribution in [0.2, 0.25) is 0 Å².